The molecule has 1 aromatic heterocycles. The zero-order valence-corrected chi connectivity index (χ0v) is 18.1. The molecule has 1 aromatic rings. The third-order valence-corrected chi connectivity index (χ3v) is 4.03. The number of aromatic nitrogens is 1. The van der Waals surface area contributed by atoms with Crippen molar-refractivity contribution in [2.75, 3.05) is 36.9 Å². The molecule has 2 N–H and O–H groups in total. The van der Waals surface area contributed by atoms with Crippen LogP contribution >= 0.6 is 0 Å². The summed E-state index contributed by atoms with van der Waals surface area (Å²) in [6.07, 6.45) is 0.475. The van der Waals surface area contributed by atoms with Crippen LogP contribution in [0.2, 0.25) is 0 Å². The highest BCUT2D eigenvalue weighted by atomic mass is 16.7. The lowest BCUT2D eigenvalue weighted by Gasteiger charge is -2.42. The third kappa shape index (κ3) is 7.32. The second kappa shape index (κ2) is 8.75. The van der Waals surface area contributed by atoms with E-state index in [1.165, 1.54) is 0 Å². The van der Waals surface area contributed by atoms with Gasteiger partial charge in [-0.05, 0) is 53.7 Å². The van der Waals surface area contributed by atoms with Crippen LogP contribution in [0.5, 0.6) is 0 Å². The van der Waals surface area contributed by atoms with Gasteiger partial charge in [0.15, 0.2) is 0 Å². The van der Waals surface area contributed by atoms with Gasteiger partial charge in [0, 0.05) is 19.6 Å². The van der Waals surface area contributed by atoms with Gasteiger partial charge in [0.1, 0.15) is 23.6 Å². The fourth-order valence-corrected chi connectivity index (χ4v) is 2.82. The quantitative estimate of drug-likeness (QED) is 0.761. The average Bonchev–Trinajstić information content (AvgIpc) is 2.57. The highest BCUT2D eigenvalue weighted by Gasteiger charge is 2.35. The number of hydrogen-bond donors (Lipinski definition) is 1. The molecular formula is C20H32N4O5. The molecule has 1 atom stereocenters. The van der Waals surface area contributed by atoms with Crippen molar-refractivity contribution >= 4 is 23.8 Å². The molecule has 0 spiro atoms. The van der Waals surface area contributed by atoms with E-state index in [-0.39, 0.29) is 6.61 Å². The van der Waals surface area contributed by atoms with Crippen molar-refractivity contribution < 1.29 is 23.8 Å². The summed E-state index contributed by atoms with van der Waals surface area (Å²) in [5.74, 6) is 0.436. The number of nitrogen functional groups attached to an aromatic ring is 1. The minimum atomic E-state index is -0.770. The van der Waals surface area contributed by atoms with E-state index in [0.29, 0.717) is 25.5 Å². The van der Waals surface area contributed by atoms with Crippen LogP contribution < -0.4 is 10.6 Å². The number of nitrogens with two attached hydrogens (primary N) is 1. The molecule has 2 heterocycles. The fourth-order valence-electron chi connectivity index (χ4n) is 2.82. The molecule has 1 fully saturated rings. The molecule has 29 heavy (non-hydrogen) atoms. The topological polar surface area (TPSA) is 107 Å². The highest BCUT2D eigenvalue weighted by molar-refractivity contribution is 5.69. The summed E-state index contributed by atoms with van der Waals surface area (Å²) >= 11 is 0. The lowest BCUT2D eigenvalue weighted by molar-refractivity contribution is -0.0262. The minimum absolute atomic E-state index is 0.00689. The predicted molar refractivity (Wildman–Crippen MR) is 110 cm³/mol. The van der Waals surface area contributed by atoms with E-state index in [1.54, 1.807) is 37.9 Å². The Bertz CT molecular complexity index is 709. The van der Waals surface area contributed by atoms with Gasteiger partial charge in [-0.1, -0.05) is 0 Å². The maximum Gasteiger partial charge on any atom is 0.508 e. The van der Waals surface area contributed by atoms with Crippen LogP contribution in [0.4, 0.5) is 21.1 Å². The number of amides is 1. The number of hydrogen-bond acceptors (Lipinski definition) is 8. The predicted octanol–water partition coefficient (Wildman–Crippen LogP) is 3.04. The summed E-state index contributed by atoms with van der Waals surface area (Å²) in [6, 6.07) is 3.20. The molecule has 1 saturated heterocycles. The van der Waals surface area contributed by atoms with Crippen molar-refractivity contribution in [3.05, 3.63) is 18.3 Å². The normalized spacial score (nSPS) is 17.7. The maximum atomic E-state index is 12.7. The number of piperazine rings is 1. The smallest absolute Gasteiger partial charge is 0.444 e. The number of anilines is 2. The van der Waals surface area contributed by atoms with Gasteiger partial charge >= 0.3 is 12.2 Å². The fraction of sp³-hybridized carbons (Fsp3) is 0.650. The van der Waals surface area contributed by atoms with Gasteiger partial charge in [0.2, 0.25) is 0 Å². The first kappa shape index (κ1) is 22.6. The molecule has 0 aromatic carbocycles. The van der Waals surface area contributed by atoms with Crippen LogP contribution in [-0.4, -0.2) is 65.6 Å². The van der Waals surface area contributed by atoms with Crippen molar-refractivity contribution in [1.29, 1.82) is 0 Å². The first-order valence-electron chi connectivity index (χ1n) is 9.66. The van der Waals surface area contributed by atoms with E-state index < -0.39 is 29.5 Å². The molecule has 1 aliphatic rings. The Kier molecular flexibility index (Phi) is 6.81. The van der Waals surface area contributed by atoms with Crippen LogP contribution in [0.25, 0.3) is 0 Å². The average molecular weight is 408 g/mol. The van der Waals surface area contributed by atoms with E-state index in [9.17, 15) is 9.59 Å². The molecular weight excluding hydrogens is 376 g/mol. The maximum absolute atomic E-state index is 12.7. The number of nitrogens with zero attached hydrogens (tertiary/aromatic N) is 3. The van der Waals surface area contributed by atoms with Crippen molar-refractivity contribution in [2.45, 2.75) is 58.8 Å². The van der Waals surface area contributed by atoms with Gasteiger partial charge in [0.05, 0.1) is 17.9 Å². The van der Waals surface area contributed by atoms with Crippen LogP contribution in [0, 0.1) is 0 Å². The van der Waals surface area contributed by atoms with Crippen molar-refractivity contribution in [1.82, 2.24) is 9.88 Å². The molecule has 9 heteroatoms. The van der Waals surface area contributed by atoms with Crippen LogP contribution in [0.3, 0.4) is 0 Å². The molecule has 1 unspecified atom stereocenters. The van der Waals surface area contributed by atoms with Gasteiger partial charge in [-0.25, -0.2) is 14.6 Å². The highest BCUT2D eigenvalue weighted by Crippen LogP contribution is 2.22. The van der Waals surface area contributed by atoms with E-state index in [1.807, 2.05) is 26.8 Å². The zero-order chi connectivity index (χ0) is 21.8. The number of pyridine rings is 1. The number of carbonyl (C=O) groups is 2. The van der Waals surface area contributed by atoms with Crippen molar-refractivity contribution in [2.24, 2.45) is 0 Å². The Morgan fingerprint density at radius 2 is 1.76 bits per heavy atom. The minimum Gasteiger partial charge on any atom is -0.444 e. The van der Waals surface area contributed by atoms with Crippen LogP contribution in [-0.2, 0) is 14.2 Å². The number of carbonyl (C=O) groups excluding carboxylic acids is 2. The molecule has 1 aliphatic heterocycles. The monoisotopic (exact) mass is 408 g/mol. The Labute approximate surface area is 172 Å². The van der Waals surface area contributed by atoms with E-state index >= 15 is 0 Å². The van der Waals surface area contributed by atoms with Crippen molar-refractivity contribution in [3.8, 4) is 0 Å². The van der Waals surface area contributed by atoms with Crippen molar-refractivity contribution in [3.63, 3.8) is 0 Å². The van der Waals surface area contributed by atoms with Gasteiger partial charge in [-0.3, -0.25) is 4.90 Å². The van der Waals surface area contributed by atoms with Crippen LogP contribution in [0.1, 0.15) is 41.5 Å². The third-order valence-electron chi connectivity index (χ3n) is 4.03. The molecule has 0 bridgehead atoms. The van der Waals surface area contributed by atoms with E-state index in [0.717, 1.165) is 5.69 Å². The summed E-state index contributed by atoms with van der Waals surface area (Å²) in [7, 11) is 0. The van der Waals surface area contributed by atoms with E-state index in [2.05, 4.69) is 9.88 Å². The first-order valence-corrected chi connectivity index (χ1v) is 9.66. The molecule has 1 amide bonds. The molecule has 9 nitrogen and oxygen atoms in total. The number of rotatable bonds is 3. The molecule has 2 rings (SSSR count). The molecule has 0 radical (unpaired) electrons. The largest absolute Gasteiger partial charge is 0.508 e. The Hall–Kier alpha value is -2.71. The van der Waals surface area contributed by atoms with Gasteiger partial charge in [0.25, 0.3) is 0 Å². The summed E-state index contributed by atoms with van der Waals surface area (Å²) < 4.78 is 16.0. The lowest BCUT2D eigenvalue weighted by atomic mass is 10.1. The van der Waals surface area contributed by atoms with Gasteiger partial charge in [-0.15, -0.1) is 0 Å². The van der Waals surface area contributed by atoms with Gasteiger partial charge in [-0.2, -0.15) is 0 Å². The summed E-state index contributed by atoms with van der Waals surface area (Å²) in [4.78, 5) is 32.4. The SMILES string of the molecule is CC(C)(C)OC(=O)OCC1CN(c2ccc(N)nc2)CCN1C(=O)OC(C)(C)C. The summed E-state index contributed by atoms with van der Waals surface area (Å²) in [5, 5.41) is 0. The second-order valence-electron chi connectivity index (χ2n) is 8.99. The summed E-state index contributed by atoms with van der Waals surface area (Å²) in [5.41, 5.74) is 5.27. The van der Waals surface area contributed by atoms with Crippen LogP contribution in [0.15, 0.2) is 18.3 Å². The first-order chi connectivity index (χ1) is 13.3. The molecule has 0 saturated carbocycles. The number of ether oxygens (including phenoxy) is 3. The zero-order valence-electron chi connectivity index (χ0n) is 18.1. The Morgan fingerprint density at radius 3 is 2.31 bits per heavy atom. The second-order valence-corrected chi connectivity index (χ2v) is 8.99. The molecule has 0 aliphatic carbocycles. The van der Waals surface area contributed by atoms with Gasteiger partial charge < -0.3 is 24.8 Å². The lowest BCUT2D eigenvalue weighted by Crippen LogP contribution is -2.58. The Balaban J connectivity index is 2.11. The van der Waals surface area contributed by atoms with E-state index in [4.69, 9.17) is 19.9 Å². The standard InChI is InChI=1S/C20H32N4O5/c1-19(2,3)28-17(25)24-10-9-23(14-7-8-16(21)22-11-14)12-15(24)13-27-18(26)29-20(4,5)6/h7-8,11,15H,9-10,12-13H2,1-6H3,(H2,21,22). The molecule has 162 valence electrons. The Morgan fingerprint density at radius 1 is 1.10 bits per heavy atom. The summed E-state index contributed by atoms with van der Waals surface area (Å²) in [6.45, 7) is 12.2.